The fraction of sp³-hybridized carbons (Fsp3) is 0.217. The Bertz CT molecular complexity index is 1110. The molecule has 2 aliphatic heterocycles. The molecule has 2 aromatic carbocycles. The molecule has 5 rings (SSSR count). The molecule has 2 aliphatic rings. The summed E-state index contributed by atoms with van der Waals surface area (Å²) in [4.78, 5) is 35.2. The van der Waals surface area contributed by atoms with Gasteiger partial charge in [0, 0.05) is 10.9 Å². The lowest BCUT2D eigenvalue weighted by Gasteiger charge is -2.29. The van der Waals surface area contributed by atoms with Gasteiger partial charge in [0.1, 0.15) is 17.7 Å². The molecule has 0 bridgehead atoms. The average Bonchev–Trinajstić information content (AvgIpc) is 3.46. The number of anilines is 2. The molecule has 152 valence electrons. The molecule has 3 aromatic rings. The van der Waals surface area contributed by atoms with Crippen LogP contribution < -0.4 is 14.7 Å². The molecule has 7 heteroatoms. The fourth-order valence-electron chi connectivity index (χ4n) is 4.19. The van der Waals surface area contributed by atoms with Crippen LogP contribution in [0.4, 0.5) is 11.4 Å². The topological polar surface area (TPSA) is 59.1 Å². The zero-order valence-corrected chi connectivity index (χ0v) is 17.3. The predicted octanol–water partition coefficient (Wildman–Crippen LogP) is 4.12. The van der Waals surface area contributed by atoms with Gasteiger partial charge in [0.25, 0.3) is 5.91 Å². The van der Waals surface area contributed by atoms with Crippen molar-refractivity contribution in [3.05, 3.63) is 76.5 Å². The minimum atomic E-state index is -0.865. The summed E-state index contributed by atoms with van der Waals surface area (Å²) in [5.41, 5.74) is 2.37. The third-order valence-corrected chi connectivity index (χ3v) is 6.56. The van der Waals surface area contributed by atoms with Gasteiger partial charge in [-0.15, -0.1) is 11.3 Å². The molecule has 0 aliphatic carbocycles. The number of rotatable bonds is 4. The first-order chi connectivity index (χ1) is 14.6. The molecular weight excluding hydrogens is 400 g/mol. The van der Waals surface area contributed by atoms with Gasteiger partial charge in [-0.25, -0.2) is 9.96 Å². The summed E-state index contributed by atoms with van der Waals surface area (Å²) < 4.78 is 5.26. The van der Waals surface area contributed by atoms with Crippen LogP contribution in [0.1, 0.15) is 16.5 Å². The summed E-state index contributed by atoms with van der Waals surface area (Å²) in [6.45, 7) is 1.99. The number of carbonyl (C=O) groups excluding carboxylic acids is 2. The summed E-state index contributed by atoms with van der Waals surface area (Å²) in [7, 11) is 1.55. The molecule has 30 heavy (non-hydrogen) atoms. The maximum Gasteiger partial charge on any atom is 0.266 e. The first-order valence-corrected chi connectivity index (χ1v) is 10.5. The number of ether oxygens (including phenoxy) is 1. The van der Waals surface area contributed by atoms with E-state index in [9.17, 15) is 9.59 Å². The number of hydrogen-bond donors (Lipinski definition) is 0. The summed E-state index contributed by atoms with van der Waals surface area (Å²) in [5, 5.41) is 3.72. The summed E-state index contributed by atoms with van der Waals surface area (Å²) in [5.74, 6) is -0.645. The van der Waals surface area contributed by atoms with Crippen LogP contribution in [-0.2, 0) is 14.4 Å². The van der Waals surface area contributed by atoms with Crippen molar-refractivity contribution in [1.29, 1.82) is 0 Å². The number of carbonyl (C=O) groups is 2. The number of thiophene rings is 1. The van der Waals surface area contributed by atoms with Crippen LogP contribution in [0.5, 0.6) is 5.75 Å². The first-order valence-electron chi connectivity index (χ1n) is 9.67. The molecule has 0 saturated carbocycles. The highest BCUT2D eigenvalue weighted by Gasteiger charge is 2.60. The zero-order chi connectivity index (χ0) is 20.8. The number of benzene rings is 2. The lowest BCUT2D eigenvalue weighted by Crippen LogP contribution is -2.37. The van der Waals surface area contributed by atoms with E-state index in [4.69, 9.17) is 9.57 Å². The predicted molar refractivity (Wildman–Crippen MR) is 115 cm³/mol. The van der Waals surface area contributed by atoms with Crippen molar-refractivity contribution < 1.29 is 19.2 Å². The van der Waals surface area contributed by atoms with Gasteiger partial charge in [0.15, 0.2) is 6.10 Å². The van der Waals surface area contributed by atoms with Gasteiger partial charge in [0.05, 0.1) is 18.5 Å². The first kappa shape index (κ1) is 18.8. The standard InChI is InChI=1S/C23H20N2O4S/c1-14-7-3-4-10-17(14)25-20(18-11-6-12-30-18)19-21(29-25)23(27)24(22(19)26)15-8-5-9-16(13-15)28-2/h3-13,19-21H,1-2H3. The lowest BCUT2D eigenvalue weighted by atomic mass is 9.95. The van der Waals surface area contributed by atoms with Gasteiger partial charge in [-0.1, -0.05) is 30.3 Å². The zero-order valence-electron chi connectivity index (χ0n) is 16.5. The number of nitrogens with zero attached hydrogens (tertiary/aromatic N) is 2. The van der Waals surface area contributed by atoms with Crippen LogP contribution in [0.25, 0.3) is 0 Å². The normalized spacial score (nSPS) is 23.2. The fourth-order valence-corrected chi connectivity index (χ4v) is 5.04. The van der Waals surface area contributed by atoms with Gasteiger partial charge in [-0.2, -0.15) is 0 Å². The summed E-state index contributed by atoms with van der Waals surface area (Å²) in [6, 6.07) is 18.4. The summed E-state index contributed by atoms with van der Waals surface area (Å²) in [6.07, 6.45) is -0.865. The highest BCUT2D eigenvalue weighted by molar-refractivity contribution is 7.10. The molecule has 2 amide bonds. The monoisotopic (exact) mass is 420 g/mol. The molecule has 0 spiro atoms. The van der Waals surface area contributed by atoms with Crippen molar-refractivity contribution in [2.24, 2.45) is 5.92 Å². The number of para-hydroxylation sites is 1. The van der Waals surface area contributed by atoms with Crippen molar-refractivity contribution in [3.8, 4) is 5.75 Å². The molecule has 2 fully saturated rings. The molecule has 0 N–H and O–H groups in total. The number of hydrogen-bond acceptors (Lipinski definition) is 6. The van der Waals surface area contributed by atoms with Crippen molar-refractivity contribution in [3.63, 3.8) is 0 Å². The molecule has 0 radical (unpaired) electrons. The van der Waals surface area contributed by atoms with E-state index in [1.54, 1.807) is 47.8 Å². The summed E-state index contributed by atoms with van der Waals surface area (Å²) >= 11 is 1.56. The van der Waals surface area contributed by atoms with E-state index < -0.39 is 12.0 Å². The van der Waals surface area contributed by atoms with Gasteiger partial charge in [-0.3, -0.25) is 14.4 Å². The molecule has 6 nitrogen and oxygen atoms in total. The van der Waals surface area contributed by atoms with Crippen LogP contribution in [0.15, 0.2) is 66.0 Å². The maximum absolute atomic E-state index is 13.5. The van der Waals surface area contributed by atoms with E-state index in [0.29, 0.717) is 11.4 Å². The van der Waals surface area contributed by atoms with Crippen LogP contribution in [0.2, 0.25) is 0 Å². The van der Waals surface area contributed by atoms with Crippen LogP contribution >= 0.6 is 11.3 Å². The van der Waals surface area contributed by atoms with Crippen molar-refractivity contribution in [2.45, 2.75) is 19.1 Å². The van der Waals surface area contributed by atoms with Crippen molar-refractivity contribution >= 4 is 34.5 Å². The molecule has 1 aromatic heterocycles. The van der Waals surface area contributed by atoms with Gasteiger partial charge in [-0.05, 0) is 42.1 Å². The average molecular weight is 420 g/mol. The number of amides is 2. The minimum absolute atomic E-state index is 0.257. The second kappa shape index (κ2) is 7.27. The second-order valence-electron chi connectivity index (χ2n) is 7.34. The van der Waals surface area contributed by atoms with E-state index in [2.05, 4.69) is 0 Å². The number of aryl methyl sites for hydroxylation is 1. The Hall–Kier alpha value is -3.16. The third-order valence-electron chi connectivity index (χ3n) is 5.61. The molecule has 3 unspecified atom stereocenters. The van der Waals surface area contributed by atoms with E-state index >= 15 is 0 Å². The van der Waals surface area contributed by atoms with Crippen LogP contribution in [0, 0.1) is 12.8 Å². The van der Waals surface area contributed by atoms with Crippen LogP contribution in [-0.4, -0.2) is 25.0 Å². The number of methoxy groups -OCH3 is 1. The largest absolute Gasteiger partial charge is 0.497 e. The molecular formula is C23H20N2O4S. The van der Waals surface area contributed by atoms with Gasteiger partial charge >= 0.3 is 0 Å². The molecule has 2 saturated heterocycles. The highest BCUT2D eigenvalue weighted by atomic mass is 32.1. The minimum Gasteiger partial charge on any atom is -0.497 e. The van der Waals surface area contributed by atoms with E-state index in [1.807, 2.05) is 48.7 Å². The Balaban J connectivity index is 1.57. The van der Waals surface area contributed by atoms with Crippen molar-refractivity contribution in [2.75, 3.05) is 17.1 Å². The van der Waals surface area contributed by atoms with E-state index in [-0.39, 0.29) is 17.9 Å². The van der Waals surface area contributed by atoms with Gasteiger partial charge < -0.3 is 4.74 Å². The molecule has 3 heterocycles. The number of imide groups is 1. The van der Waals surface area contributed by atoms with Gasteiger partial charge in [0.2, 0.25) is 5.91 Å². The SMILES string of the molecule is COc1cccc(N2C(=O)C3ON(c4ccccc4C)C(c4cccs4)C3C2=O)c1. The Labute approximate surface area is 178 Å². The number of hydroxylamine groups is 1. The van der Waals surface area contributed by atoms with Crippen LogP contribution in [0.3, 0.4) is 0 Å². The maximum atomic E-state index is 13.5. The Morgan fingerprint density at radius 2 is 1.83 bits per heavy atom. The highest BCUT2D eigenvalue weighted by Crippen LogP contribution is 2.49. The van der Waals surface area contributed by atoms with E-state index in [1.165, 1.54) is 4.90 Å². The van der Waals surface area contributed by atoms with E-state index in [0.717, 1.165) is 16.1 Å². The molecule has 3 atom stereocenters. The Morgan fingerprint density at radius 3 is 2.57 bits per heavy atom. The Kier molecular flexibility index (Phi) is 4.56. The third kappa shape index (κ3) is 2.81. The lowest BCUT2D eigenvalue weighted by molar-refractivity contribution is -0.126. The second-order valence-corrected chi connectivity index (χ2v) is 8.32. The quantitative estimate of drug-likeness (QED) is 0.595. The smallest absolute Gasteiger partial charge is 0.266 e. The Morgan fingerprint density at radius 1 is 1.00 bits per heavy atom. The van der Waals surface area contributed by atoms with Crippen molar-refractivity contribution in [1.82, 2.24) is 0 Å². The number of fused-ring (bicyclic) bond motifs is 1.